The number of aromatic amines is 1. The van der Waals surface area contributed by atoms with Crippen LogP contribution >= 0.6 is 0 Å². The number of allylic oxidation sites excluding steroid dienone is 2. The van der Waals surface area contributed by atoms with Crippen LogP contribution in [0.5, 0.6) is 0 Å². The maximum Gasteiger partial charge on any atom is 0.339 e. The Hall–Kier alpha value is -2.04. The largest absolute Gasteiger partial charge is 0.462 e. The topological polar surface area (TPSA) is 68.4 Å². The van der Waals surface area contributed by atoms with Crippen molar-refractivity contribution in [2.24, 2.45) is 5.41 Å². The Balaban J connectivity index is 2.31. The summed E-state index contributed by atoms with van der Waals surface area (Å²) in [6.07, 6.45) is 2.90. The number of cyclic esters (lactones) is 1. The third-order valence-electron chi connectivity index (χ3n) is 3.58. The number of hydrogen-bond donors (Lipinski definition) is 1. The summed E-state index contributed by atoms with van der Waals surface area (Å²) in [6.45, 7) is 7.84. The van der Waals surface area contributed by atoms with Crippen LogP contribution in [0.25, 0.3) is 5.57 Å². The van der Waals surface area contributed by atoms with Gasteiger partial charge in [-0.3, -0.25) is 4.79 Å². The number of carbonyl (C=O) groups is 2. The van der Waals surface area contributed by atoms with E-state index in [0.29, 0.717) is 30.8 Å². The summed E-state index contributed by atoms with van der Waals surface area (Å²) in [6, 6.07) is 1.74. The second-order valence-electron chi connectivity index (χ2n) is 5.73. The Kier molecular flexibility index (Phi) is 4.21. The van der Waals surface area contributed by atoms with E-state index in [1.807, 2.05) is 20.8 Å². The van der Waals surface area contributed by atoms with Crippen molar-refractivity contribution >= 4 is 17.5 Å². The summed E-state index contributed by atoms with van der Waals surface area (Å²) < 4.78 is 10.4. The fourth-order valence-electron chi connectivity index (χ4n) is 2.37. The molecule has 2 rings (SSSR count). The number of aromatic nitrogens is 1. The Bertz CT molecular complexity index is 595. The van der Waals surface area contributed by atoms with Gasteiger partial charge in [0.05, 0.1) is 17.6 Å². The molecule has 114 valence electrons. The van der Waals surface area contributed by atoms with Crippen LogP contribution < -0.4 is 0 Å². The Morgan fingerprint density at radius 3 is 2.67 bits per heavy atom. The normalized spacial score (nSPS) is 19.3. The zero-order valence-corrected chi connectivity index (χ0v) is 12.9. The number of carbonyl (C=O) groups excluding carboxylic acids is 2. The summed E-state index contributed by atoms with van der Waals surface area (Å²) in [7, 11) is 0. The molecule has 0 spiro atoms. The number of H-pyrrole nitrogens is 1. The second kappa shape index (κ2) is 5.76. The van der Waals surface area contributed by atoms with Gasteiger partial charge in [0.25, 0.3) is 0 Å². The molecule has 1 aromatic rings. The molecule has 2 heterocycles. The monoisotopic (exact) mass is 291 g/mol. The first-order chi connectivity index (χ1) is 9.89. The molecular weight excluding hydrogens is 270 g/mol. The fraction of sp³-hybridized carbons (Fsp3) is 0.500. The van der Waals surface area contributed by atoms with E-state index in [9.17, 15) is 9.59 Å². The predicted octanol–water partition coefficient (Wildman–Crippen LogP) is 3.29. The molecule has 0 bridgehead atoms. The van der Waals surface area contributed by atoms with Crippen molar-refractivity contribution in [1.82, 2.24) is 4.98 Å². The van der Waals surface area contributed by atoms with Crippen molar-refractivity contribution in [3.8, 4) is 0 Å². The van der Waals surface area contributed by atoms with Crippen LogP contribution in [0.1, 0.15) is 56.6 Å². The van der Waals surface area contributed by atoms with Crippen molar-refractivity contribution in [3.63, 3.8) is 0 Å². The van der Waals surface area contributed by atoms with Gasteiger partial charge >= 0.3 is 11.9 Å². The molecule has 1 N–H and O–H groups in total. The molecule has 0 aliphatic carbocycles. The van der Waals surface area contributed by atoms with Crippen molar-refractivity contribution in [2.75, 3.05) is 6.61 Å². The molecule has 0 radical (unpaired) electrons. The number of rotatable bonds is 4. The Morgan fingerprint density at radius 2 is 2.14 bits per heavy atom. The number of hydrogen-bond acceptors (Lipinski definition) is 4. The minimum atomic E-state index is -0.494. The lowest BCUT2D eigenvalue weighted by Crippen LogP contribution is -2.16. The molecule has 5 heteroatoms. The lowest BCUT2D eigenvalue weighted by Gasteiger charge is -2.08. The van der Waals surface area contributed by atoms with Gasteiger partial charge < -0.3 is 14.5 Å². The van der Waals surface area contributed by atoms with Crippen molar-refractivity contribution in [1.29, 1.82) is 0 Å². The van der Waals surface area contributed by atoms with Gasteiger partial charge in [-0.25, -0.2) is 4.79 Å². The minimum absolute atomic E-state index is 0.208. The summed E-state index contributed by atoms with van der Waals surface area (Å²) in [4.78, 5) is 26.6. The van der Waals surface area contributed by atoms with E-state index in [4.69, 9.17) is 9.47 Å². The molecule has 21 heavy (non-hydrogen) atoms. The van der Waals surface area contributed by atoms with Crippen LogP contribution in [-0.2, 0) is 14.3 Å². The molecule has 1 aromatic heterocycles. The third-order valence-corrected chi connectivity index (χ3v) is 3.58. The first kappa shape index (κ1) is 15.4. The van der Waals surface area contributed by atoms with E-state index in [1.165, 1.54) is 0 Å². The van der Waals surface area contributed by atoms with Gasteiger partial charge in [-0.15, -0.1) is 0 Å². The lowest BCUT2D eigenvalue weighted by molar-refractivity contribution is -0.142. The van der Waals surface area contributed by atoms with Crippen LogP contribution in [-0.4, -0.2) is 23.5 Å². The second-order valence-corrected chi connectivity index (χ2v) is 5.73. The molecule has 1 fully saturated rings. The summed E-state index contributed by atoms with van der Waals surface area (Å²) in [5, 5.41) is 0. The molecule has 0 aromatic carbocycles. The summed E-state index contributed by atoms with van der Waals surface area (Å²) in [5.74, 6) is 0.120. The fourth-order valence-corrected chi connectivity index (χ4v) is 2.37. The van der Waals surface area contributed by atoms with Gasteiger partial charge in [-0.05, 0) is 33.3 Å². The summed E-state index contributed by atoms with van der Waals surface area (Å²) in [5.41, 5.74) is 1.69. The van der Waals surface area contributed by atoms with E-state index in [1.54, 1.807) is 19.2 Å². The molecule has 0 atom stereocenters. The van der Waals surface area contributed by atoms with Gasteiger partial charge in [0.2, 0.25) is 0 Å². The smallest absolute Gasteiger partial charge is 0.339 e. The SMILES string of the molecule is CCOC(=O)c1c[nH]c(/C(CC)=C2\CC(C)(C)C(=O)O2)c1. The molecular formula is C16H21NO4. The maximum atomic E-state index is 11.8. The van der Waals surface area contributed by atoms with Crippen LogP contribution in [0.4, 0.5) is 0 Å². The van der Waals surface area contributed by atoms with Crippen LogP contribution in [0.3, 0.4) is 0 Å². The zero-order chi connectivity index (χ0) is 15.6. The van der Waals surface area contributed by atoms with Crippen LogP contribution in [0.15, 0.2) is 18.0 Å². The average molecular weight is 291 g/mol. The zero-order valence-electron chi connectivity index (χ0n) is 12.9. The van der Waals surface area contributed by atoms with Crippen LogP contribution in [0, 0.1) is 5.41 Å². The Morgan fingerprint density at radius 1 is 1.43 bits per heavy atom. The minimum Gasteiger partial charge on any atom is -0.462 e. The molecule has 1 saturated heterocycles. The van der Waals surface area contributed by atoms with Gasteiger partial charge in [-0.2, -0.15) is 0 Å². The van der Waals surface area contributed by atoms with Crippen molar-refractivity contribution in [3.05, 3.63) is 29.3 Å². The highest BCUT2D eigenvalue weighted by Gasteiger charge is 2.40. The molecule has 1 aliphatic rings. The molecule has 0 unspecified atom stereocenters. The number of nitrogens with one attached hydrogen (secondary N) is 1. The van der Waals surface area contributed by atoms with E-state index < -0.39 is 5.41 Å². The first-order valence-electron chi connectivity index (χ1n) is 7.19. The quantitative estimate of drug-likeness (QED) is 0.864. The van der Waals surface area contributed by atoms with Gasteiger partial charge in [0, 0.05) is 23.9 Å². The highest BCUT2D eigenvalue weighted by Crippen LogP contribution is 2.39. The van der Waals surface area contributed by atoms with E-state index >= 15 is 0 Å². The van der Waals surface area contributed by atoms with Gasteiger partial charge in [0.1, 0.15) is 5.76 Å². The van der Waals surface area contributed by atoms with E-state index in [0.717, 1.165) is 11.3 Å². The molecule has 0 amide bonds. The molecule has 0 saturated carbocycles. The number of esters is 2. The predicted molar refractivity (Wildman–Crippen MR) is 78.5 cm³/mol. The van der Waals surface area contributed by atoms with Crippen molar-refractivity contribution < 1.29 is 19.1 Å². The lowest BCUT2D eigenvalue weighted by atomic mass is 9.90. The Labute approximate surface area is 124 Å². The van der Waals surface area contributed by atoms with Crippen LogP contribution in [0.2, 0.25) is 0 Å². The summed E-state index contributed by atoms with van der Waals surface area (Å²) >= 11 is 0. The number of ether oxygens (including phenoxy) is 2. The standard InChI is InChI=1S/C16H21NO4/c1-5-11(13-8-16(3,4)15(19)21-13)12-7-10(9-17-12)14(18)20-6-2/h7,9,17H,5-6,8H2,1-4H3/b13-11+. The van der Waals surface area contributed by atoms with E-state index in [-0.39, 0.29) is 11.9 Å². The van der Waals surface area contributed by atoms with E-state index in [2.05, 4.69) is 4.98 Å². The first-order valence-corrected chi connectivity index (χ1v) is 7.19. The molecule has 5 nitrogen and oxygen atoms in total. The highest BCUT2D eigenvalue weighted by atomic mass is 16.5. The average Bonchev–Trinajstić information content (AvgIpc) is 2.97. The van der Waals surface area contributed by atoms with Gasteiger partial charge in [0.15, 0.2) is 0 Å². The van der Waals surface area contributed by atoms with Crippen molar-refractivity contribution in [2.45, 2.75) is 40.5 Å². The van der Waals surface area contributed by atoms with Gasteiger partial charge in [-0.1, -0.05) is 6.92 Å². The maximum absolute atomic E-state index is 11.8. The third kappa shape index (κ3) is 3.01. The highest BCUT2D eigenvalue weighted by molar-refractivity contribution is 5.91. The molecule has 1 aliphatic heterocycles.